The third-order valence-electron chi connectivity index (χ3n) is 3.92. The molecular weight excluding hydrogens is 328 g/mol. The Bertz CT molecular complexity index is 951. The first-order valence-corrected chi connectivity index (χ1v) is 8.47. The summed E-state index contributed by atoms with van der Waals surface area (Å²) < 4.78 is 1.40. The number of hydrogen-bond acceptors (Lipinski definition) is 4. The number of aryl methyl sites for hydroxylation is 2. The Labute approximate surface area is 151 Å². The Morgan fingerprint density at radius 2 is 1.92 bits per heavy atom. The van der Waals surface area contributed by atoms with Crippen LogP contribution in [0.2, 0.25) is 0 Å². The number of pyridine rings is 1. The number of rotatable bonds is 6. The van der Waals surface area contributed by atoms with Crippen LogP contribution in [0, 0.1) is 6.92 Å². The number of carbonyl (C=O) groups excluding carboxylic acids is 1. The van der Waals surface area contributed by atoms with Gasteiger partial charge in [0.05, 0.1) is 5.69 Å². The Kier molecular flexibility index (Phi) is 5.53. The van der Waals surface area contributed by atoms with Crippen LogP contribution in [-0.4, -0.2) is 20.7 Å². The highest BCUT2D eigenvalue weighted by Crippen LogP contribution is 2.13. The molecule has 2 aromatic heterocycles. The van der Waals surface area contributed by atoms with Gasteiger partial charge in [0.1, 0.15) is 0 Å². The summed E-state index contributed by atoms with van der Waals surface area (Å²) in [7, 11) is 0. The van der Waals surface area contributed by atoms with Crippen molar-refractivity contribution in [2.24, 2.45) is 0 Å². The van der Waals surface area contributed by atoms with Crippen LogP contribution in [0.4, 0.5) is 5.69 Å². The monoisotopic (exact) mass is 348 g/mol. The van der Waals surface area contributed by atoms with Crippen LogP contribution in [0.3, 0.4) is 0 Å². The maximum Gasteiger partial charge on any atom is 0.266 e. The summed E-state index contributed by atoms with van der Waals surface area (Å²) in [6.45, 7) is 2.36. The normalized spacial score (nSPS) is 10.5. The lowest BCUT2D eigenvalue weighted by Crippen LogP contribution is -2.23. The summed E-state index contributed by atoms with van der Waals surface area (Å²) >= 11 is 0. The van der Waals surface area contributed by atoms with Crippen molar-refractivity contribution in [3.05, 3.63) is 76.8 Å². The predicted octanol–water partition coefficient (Wildman–Crippen LogP) is 3.03. The van der Waals surface area contributed by atoms with Crippen molar-refractivity contribution in [2.45, 2.75) is 26.3 Å². The summed E-state index contributed by atoms with van der Waals surface area (Å²) in [6, 6.07) is 14.5. The smallest absolute Gasteiger partial charge is 0.266 e. The fraction of sp³-hybridized carbons (Fsp3) is 0.200. The predicted molar refractivity (Wildman–Crippen MR) is 101 cm³/mol. The van der Waals surface area contributed by atoms with Crippen LogP contribution in [0.15, 0.2) is 65.7 Å². The molecule has 1 aromatic carbocycles. The maximum atomic E-state index is 12.1. The molecule has 0 spiro atoms. The molecule has 6 heteroatoms. The van der Waals surface area contributed by atoms with Crippen molar-refractivity contribution in [3.63, 3.8) is 0 Å². The van der Waals surface area contributed by atoms with Gasteiger partial charge in [0.15, 0.2) is 0 Å². The van der Waals surface area contributed by atoms with Gasteiger partial charge in [-0.2, -0.15) is 5.10 Å². The van der Waals surface area contributed by atoms with Gasteiger partial charge in [-0.15, -0.1) is 0 Å². The third kappa shape index (κ3) is 4.63. The summed E-state index contributed by atoms with van der Waals surface area (Å²) in [4.78, 5) is 28.0. The molecule has 1 N–H and O–H groups in total. The molecule has 3 rings (SSSR count). The lowest BCUT2D eigenvalue weighted by Gasteiger charge is -2.08. The minimum absolute atomic E-state index is 0.0751. The molecule has 1 amide bonds. The zero-order chi connectivity index (χ0) is 18.4. The zero-order valence-electron chi connectivity index (χ0n) is 14.6. The molecule has 0 bridgehead atoms. The van der Waals surface area contributed by atoms with E-state index in [0.717, 1.165) is 16.8 Å². The second-order valence-electron chi connectivity index (χ2n) is 6.04. The number of benzene rings is 1. The topological polar surface area (TPSA) is 76.9 Å². The lowest BCUT2D eigenvalue weighted by molar-refractivity contribution is -0.116. The SMILES string of the molecule is Cc1cccc(NC(=O)CCCn2nc(-c3ccncc3)ccc2=O)c1. The second-order valence-corrected chi connectivity index (χ2v) is 6.04. The molecule has 0 radical (unpaired) electrons. The van der Waals surface area contributed by atoms with E-state index in [9.17, 15) is 9.59 Å². The fourth-order valence-corrected chi connectivity index (χ4v) is 2.62. The average molecular weight is 348 g/mol. The Balaban J connectivity index is 1.59. The van der Waals surface area contributed by atoms with E-state index >= 15 is 0 Å². The molecule has 0 fully saturated rings. The third-order valence-corrected chi connectivity index (χ3v) is 3.92. The molecular formula is C20H20N4O2. The van der Waals surface area contributed by atoms with E-state index in [0.29, 0.717) is 25.1 Å². The van der Waals surface area contributed by atoms with E-state index in [1.165, 1.54) is 10.7 Å². The van der Waals surface area contributed by atoms with Gasteiger partial charge in [0.2, 0.25) is 5.91 Å². The Hall–Kier alpha value is -3.28. The molecule has 0 aliphatic rings. The van der Waals surface area contributed by atoms with E-state index in [4.69, 9.17) is 0 Å². The van der Waals surface area contributed by atoms with Crippen LogP contribution in [0.1, 0.15) is 18.4 Å². The van der Waals surface area contributed by atoms with E-state index in [2.05, 4.69) is 15.4 Å². The number of nitrogens with zero attached hydrogens (tertiary/aromatic N) is 3. The van der Waals surface area contributed by atoms with Crippen molar-refractivity contribution < 1.29 is 4.79 Å². The van der Waals surface area contributed by atoms with Crippen molar-refractivity contribution in [1.82, 2.24) is 14.8 Å². The molecule has 0 aliphatic carbocycles. The van der Waals surface area contributed by atoms with Crippen LogP contribution < -0.4 is 10.9 Å². The minimum Gasteiger partial charge on any atom is -0.326 e. The number of aromatic nitrogens is 3. The van der Waals surface area contributed by atoms with Crippen LogP contribution in [0.5, 0.6) is 0 Å². The minimum atomic E-state index is -0.179. The highest BCUT2D eigenvalue weighted by atomic mass is 16.1. The largest absolute Gasteiger partial charge is 0.326 e. The first-order chi connectivity index (χ1) is 12.6. The molecule has 132 valence electrons. The highest BCUT2D eigenvalue weighted by molar-refractivity contribution is 5.90. The van der Waals surface area contributed by atoms with E-state index < -0.39 is 0 Å². The van der Waals surface area contributed by atoms with Gasteiger partial charge in [-0.3, -0.25) is 14.6 Å². The van der Waals surface area contributed by atoms with Crippen LogP contribution in [-0.2, 0) is 11.3 Å². The molecule has 3 aromatic rings. The number of carbonyl (C=O) groups is 1. The molecule has 0 saturated carbocycles. The summed E-state index contributed by atoms with van der Waals surface area (Å²) in [5, 5.41) is 7.25. The van der Waals surface area contributed by atoms with Gasteiger partial charge in [-0.05, 0) is 49.2 Å². The lowest BCUT2D eigenvalue weighted by atomic mass is 10.2. The molecule has 0 aliphatic heterocycles. The number of anilines is 1. The fourth-order valence-electron chi connectivity index (χ4n) is 2.62. The van der Waals surface area contributed by atoms with Gasteiger partial charge in [-0.25, -0.2) is 4.68 Å². The first kappa shape index (κ1) is 17.5. The quantitative estimate of drug-likeness (QED) is 0.743. The summed E-state index contributed by atoms with van der Waals surface area (Å²) in [5.41, 5.74) is 3.29. The number of amides is 1. The number of nitrogens with one attached hydrogen (secondary N) is 1. The maximum absolute atomic E-state index is 12.1. The summed E-state index contributed by atoms with van der Waals surface area (Å²) in [5.74, 6) is -0.0751. The molecule has 0 saturated heterocycles. The van der Waals surface area contributed by atoms with Crippen molar-refractivity contribution in [1.29, 1.82) is 0 Å². The zero-order valence-corrected chi connectivity index (χ0v) is 14.6. The van der Waals surface area contributed by atoms with E-state index in [1.807, 2.05) is 43.3 Å². The number of hydrogen-bond donors (Lipinski definition) is 1. The Morgan fingerprint density at radius 3 is 2.69 bits per heavy atom. The van der Waals surface area contributed by atoms with Gasteiger partial charge >= 0.3 is 0 Å². The van der Waals surface area contributed by atoms with Gasteiger partial charge < -0.3 is 5.32 Å². The van der Waals surface area contributed by atoms with Crippen molar-refractivity contribution >= 4 is 11.6 Å². The van der Waals surface area contributed by atoms with Crippen LogP contribution >= 0.6 is 0 Å². The highest BCUT2D eigenvalue weighted by Gasteiger charge is 2.06. The van der Waals surface area contributed by atoms with E-state index in [-0.39, 0.29) is 11.5 Å². The second kappa shape index (κ2) is 8.20. The van der Waals surface area contributed by atoms with Crippen molar-refractivity contribution in [2.75, 3.05) is 5.32 Å². The summed E-state index contributed by atoms with van der Waals surface area (Å²) in [6.07, 6.45) is 4.22. The van der Waals surface area contributed by atoms with Crippen LogP contribution in [0.25, 0.3) is 11.3 Å². The first-order valence-electron chi connectivity index (χ1n) is 8.47. The molecule has 0 atom stereocenters. The standard InChI is InChI=1S/C20H20N4O2/c1-15-4-2-5-17(14-15)22-19(25)6-3-13-24-20(26)8-7-18(23-24)16-9-11-21-12-10-16/h2,4-5,7-12,14H,3,6,13H2,1H3,(H,22,25). The molecule has 0 unspecified atom stereocenters. The van der Waals surface area contributed by atoms with E-state index in [1.54, 1.807) is 18.5 Å². The Morgan fingerprint density at radius 1 is 1.12 bits per heavy atom. The molecule has 2 heterocycles. The molecule has 6 nitrogen and oxygen atoms in total. The van der Waals surface area contributed by atoms with Gasteiger partial charge in [-0.1, -0.05) is 12.1 Å². The van der Waals surface area contributed by atoms with Gasteiger partial charge in [0.25, 0.3) is 5.56 Å². The van der Waals surface area contributed by atoms with Crippen molar-refractivity contribution in [3.8, 4) is 11.3 Å². The average Bonchev–Trinajstić information content (AvgIpc) is 2.64. The van der Waals surface area contributed by atoms with Gasteiger partial charge in [0, 0.05) is 42.7 Å². The molecule has 26 heavy (non-hydrogen) atoms.